The molecular weight excluding hydrogens is 544 g/mol. The second kappa shape index (κ2) is 8.61. The first kappa shape index (κ1) is 25.0. The van der Waals surface area contributed by atoms with Crippen molar-refractivity contribution in [3.8, 4) is 44.9 Å². The van der Waals surface area contributed by atoms with Gasteiger partial charge in [0.15, 0.2) is 0 Å². The van der Waals surface area contributed by atoms with Crippen LogP contribution in [-0.2, 0) is 10.8 Å². The van der Waals surface area contributed by atoms with E-state index in [9.17, 15) is 0 Å². The van der Waals surface area contributed by atoms with E-state index in [0.717, 1.165) is 17.1 Å². The Balaban J connectivity index is 1.30. The number of rotatable bonds is 1. The lowest BCUT2D eigenvalue weighted by atomic mass is 9.69. The van der Waals surface area contributed by atoms with Gasteiger partial charge in [-0.15, -0.1) is 0 Å². The van der Waals surface area contributed by atoms with E-state index in [-0.39, 0.29) is 5.41 Å². The minimum absolute atomic E-state index is 0.170. The van der Waals surface area contributed by atoms with Crippen molar-refractivity contribution in [2.45, 2.75) is 24.7 Å². The fourth-order valence-electron chi connectivity index (χ4n) is 8.78. The van der Waals surface area contributed by atoms with Gasteiger partial charge in [-0.05, 0) is 73.0 Å². The summed E-state index contributed by atoms with van der Waals surface area (Å²) in [5, 5.41) is 2.59. The lowest BCUT2D eigenvalue weighted by Crippen LogP contribution is -2.26. The zero-order valence-electron chi connectivity index (χ0n) is 25.3. The van der Waals surface area contributed by atoms with Crippen LogP contribution < -0.4 is 4.74 Å². The zero-order valence-corrected chi connectivity index (χ0v) is 25.3. The summed E-state index contributed by atoms with van der Waals surface area (Å²) < 4.78 is 6.77. The van der Waals surface area contributed by atoms with Crippen molar-refractivity contribution in [3.05, 3.63) is 179 Å². The predicted molar refractivity (Wildman–Crippen MR) is 184 cm³/mol. The highest BCUT2D eigenvalue weighted by atomic mass is 16.5. The molecule has 0 unspecified atom stereocenters. The molecule has 45 heavy (non-hydrogen) atoms. The SMILES string of the molecule is CC1(C)c2ccccc2Oc2c(-c3ccc4c(c3)C3(c5ccccc5-c5ccccc53)c3c-4ccc4ccccc34)cccc21. The molecule has 1 spiro atoms. The molecule has 7 aromatic rings. The van der Waals surface area contributed by atoms with Gasteiger partial charge in [-0.1, -0.05) is 147 Å². The molecule has 2 aliphatic carbocycles. The van der Waals surface area contributed by atoms with E-state index >= 15 is 0 Å². The third-order valence-corrected chi connectivity index (χ3v) is 10.7. The molecule has 1 heteroatoms. The molecule has 0 amide bonds. The highest BCUT2D eigenvalue weighted by Gasteiger charge is 2.52. The summed E-state index contributed by atoms with van der Waals surface area (Å²) >= 11 is 0. The number of hydrogen-bond acceptors (Lipinski definition) is 1. The number of para-hydroxylation sites is 2. The maximum absolute atomic E-state index is 6.77. The van der Waals surface area contributed by atoms with Crippen LogP contribution in [0.25, 0.3) is 44.2 Å². The van der Waals surface area contributed by atoms with Gasteiger partial charge in [0.05, 0.1) is 5.41 Å². The quantitative estimate of drug-likeness (QED) is 0.189. The topological polar surface area (TPSA) is 9.23 Å². The van der Waals surface area contributed by atoms with Gasteiger partial charge in [0.2, 0.25) is 0 Å². The molecule has 1 heterocycles. The maximum atomic E-state index is 6.77. The van der Waals surface area contributed by atoms with Crippen LogP contribution in [0.1, 0.15) is 47.2 Å². The van der Waals surface area contributed by atoms with Crippen molar-refractivity contribution in [1.29, 1.82) is 0 Å². The molecule has 3 aliphatic rings. The summed E-state index contributed by atoms with van der Waals surface area (Å²) in [6.45, 7) is 4.62. The summed E-state index contributed by atoms with van der Waals surface area (Å²) in [5.74, 6) is 1.90. The molecule has 7 aromatic carbocycles. The van der Waals surface area contributed by atoms with Crippen molar-refractivity contribution >= 4 is 10.8 Å². The first-order valence-electron chi connectivity index (χ1n) is 15.9. The van der Waals surface area contributed by atoms with E-state index < -0.39 is 5.41 Å². The molecule has 0 radical (unpaired) electrons. The molecular formula is C44H30O. The lowest BCUT2D eigenvalue weighted by Gasteiger charge is -2.35. The number of fused-ring (bicyclic) bond motifs is 14. The second-order valence-electron chi connectivity index (χ2n) is 13.2. The summed E-state index contributed by atoms with van der Waals surface area (Å²) in [6, 6.07) is 53.9. The molecule has 0 saturated carbocycles. The molecule has 10 rings (SSSR count). The largest absolute Gasteiger partial charge is 0.456 e. The summed E-state index contributed by atoms with van der Waals surface area (Å²) in [7, 11) is 0. The van der Waals surface area contributed by atoms with Gasteiger partial charge in [-0.25, -0.2) is 0 Å². The Kier molecular flexibility index (Phi) is 4.78. The summed E-state index contributed by atoms with van der Waals surface area (Å²) in [4.78, 5) is 0. The van der Waals surface area contributed by atoms with E-state index in [2.05, 4.69) is 159 Å². The van der Waals surface area contributed by atoms with Crippen LogP contribution in [0.3, 0.4) is 0 Å². The van der Waals surface area contributed by atoms with Gasteiger partial charge in [0.1, 0.15) is 11.5 Å². The highest BCUT2D eigenvalue weighted by molar-refractivity contribution is 6.04. The molecule has 0 N–H and O–H groups in total. The van der Waals surface area contributed by atoms with Crippen LogP contribution in [0.4, 0.5) is 0 Å². The number of hydrogen-bond donors (Lipinski definition) is 0. The standard InChI is InChI=1S/C44H30O/c1-43(2)37-19-9-10-21-40(37)45-42-30(16-11-20-38(42)43)28-23-24-33-34-25-22-27-12-3-4-13-29(27)41(34)44(39(33)26-28)35-17-7-5-14-31(35)32-15-6-8-18-36(32)44/h3-26H,1-2H3. The average Bonchev–Trinajstić information content (AvgIpc) is 3.55. The Bertz CT molecular complexity index is 2340. The van der Waals surface area contributed by atoms with Crippen LogP contribution in [0.2, 0.25) is 0 Å². The first-order valence-corrected chi connectivity index (χ1v) is 15.9. The van der Waals surface area contributed by atoms with E-state index in [4.69, 9.17) is 4.74 Å². The molecule has 0 saturated heterocycles. The molecule has 0 atom stereocenters. The lowest BCUT2D eigenvalue weighted by molar-refractivity contribution is 0.419. The van der Waals surface area contributed by atoms with Crippen molar-refractivity contribution in [1.82, 2.24) is 0 Å². The average molecular weight is 575 g/mol. The predicted octanol–water partition coefficient (Wildman–Crippen LogP) is 11.3. The Morgan fingerprint density at radius 1 is 0.444 bits per heavy atom. The molecule has 1 nitrogen and oxygen atoms in total. The fraction of sp³-hybridized carbons (Fsp3) is 0.0909. The van der Waals surface area contributed by atoms with Gasteiger partial charge < -0.3 is 4.74 Å². The number of benzene rings is 7. The van der Waals surface area contributed by atoms with Gasteiger partial charge in [-0.3, -0.25) is 0 Å². The Morgan fingerprint density at radius 2 is 1.04 bits per heavy atom. The molecule has 1 aliphatic heterocycles. The normalized spacial score (nSPS) is 15.4. The van der Waals surface area contributed by atoms with Crippen molar-refractivity contribution in [2.75, 3.05) is 0 Å². The first-order chi connectivity index (χ1) is 22.1. The third-order valence-electron chi connectivity index (χ3n) is 10.7. The fourth-order valence-corrected chi connectivity index (χ4v) is 8.78. The summed E-state index contributed by atoms with van der Waals surface area (Å²) in [5.41, 5.74) is 14.9. The van der Waals surface area contributed by atoms with Crippen LogP contribution in [0.15, 0.2) is 146 Å². The molecule has 0 fully saturated rings. The van der Waals surface area contributed by atoms with Crippen molar-refractivity contribution in [3.63, 3.8) is 0 Å². The van der Waals surface area contributed by atoms with Gasteiger partial charge in [0.25, 0.3) is 0 Å². The molecule has 0 aromatic heterocycles. The van der Waals surface area contributed by atoms with Crippen LogP contribution in [0.5, 0.6) is 11.5 Å². The molecule has 212 valence electrons. The Hall–Kier alpha value is -5.40. The Labute approximate surface area is 263 Å². The van der Waals surface area contributed by atoms with Crippen LogP contribution >= 0.6 is 0 Å². The van der Waals surface area contributed by atoms with Crippen molar-refractivity contribution in [2.24, 2.45) is 0 Å². The van der Waals surface area contributed by atoms with Crippen LogP contribution in [-0.4, -0.2) is 0 Å². The van der Waals surface area contributed by atoms with E-state index in [1.54, 1.807) is 0 Å². The van der Waals surface area contributed by atoms with E-state index in [0.29, 0.717) is 0 Å². The third kappa shape index (κ3) is 3.03. The minimum Gasteiger partial charge on any atom is -0.456 e. The van der Waals surface area contributed by atoms with Crippen molar-refractivity contribution < 1.29 is 4.74 Å². The monoisotopic (exact) mass is 574 g/mol. The molecule has 0 bridgehead atoms. The van der Waals surface area contributed by atoms with E-state index in [1.807, 2.05) is 0 Å². The van der Waals surface area contributed by atoms with Gasteiger partial charge in [0, 0.05) is 22.1 Å². The maximum Gasteiger partial charge on any atom is 0.139 e. The smallest absolute Gasteiger partial charge is 0.139 e. The van der Waals surface area contributed by atoms with Gasteiger partial charge >= 0.3 is 0 Å². The van der Waals surface area contributed by atoms with Gasteiger partial charge in [-0.2, -0.15) is 0 Å². The number of ether oxygens (including phenoxy) is 1. The minimum atomic E-state index is -0.420. The second-order valence-corrected chi connectivity index (χ2v) is 13.2. The Morgan fingerprint density at radius 3 is 1.84 bits per heavy atom. The zero-order chi connectivity index (χ0) is 29.9. The van der Waals surface area contributed by atoms with Crippen LogP contribution in [0, 0.1) is 0 Å². The highest BCUT2D eigenvalue weighted by Crippen LogP contribution is 2.64. The van der Waals surface area contributed by atoms with E-state index in [1.165, 1.54) is 72.0 Å². The summed E-state index contributed by atoms with van der Waals surface area (Å²) in [6.07, 6.45) is 0.